The Balaban J connectivity index is 1.62. The van der Waals surface area contributed by atoms with E-state index in [1.807, 2.05) is 60.7 Å². The fraction of sp³-hybridized carbons (Fsp3) is 0.545. The van der Waals surface area contributed by atoms with Crippen LogP contribution in [0.4, 0.5) is 0 Å². The lowest BCUT2D eigenvalue weighted by Gasteiger charge is -2.50. The summed E-state index contributed by atoms with van der Waals surface area (Å²) in [6, 6.07) is 19.6. The quantitative estimate of drug-likeness (QED) is 0.205. The monoisotopic (exact) mass is 630 g/mol. The second-order valence-electron chi connectivity index (χ2n) is 11.4. The van der Waals surface area contributed by atoms with Gasteiger partial charge >= 0.3 is 17.9 Å². The molecule has 2 saturated heterocycles. The van der Waals surface area contributed by atoms with Crippen molar-refractivity contribution in [2.24, 2.45) is 5.92 Å². The third-order valence-corrected chi connectivity index (χ3v) is 8.61. The van der Waals surface area contributed by atoms with Gasteiger partial charge in [-0.3, -0.25) is 0 Å². The van der Waals surface area contributed by atoms with Crippen LogP contribution in [-0.2, 0) is 55.8 Å². The van der Waals surface area contributed by atoms with Gasteiger partial charge in [-0.15, -0.1) is 0 Å². The molecule has 0 saturated carbocycles. The smallest absolute Gasteiger partial charge is 0.345 e. The van der Waals surface area contributed by atoms with Gasteiger partial charge in [0.25, 0.3) is 0 Å². The maximum Gasteiger partial charge on any atom is 0.345 e. The fourth-order valence-corrected chi connectivity index (χ4v) is 6.25. The topological polar surface area (TPSA) is 167 Å². The van der Waals surface area contributed by atoms with E-state index in [-0.39, 0.29) is 31.5 Å². The lowest BCUT2D eigenvalue weighted by atomic mass is 9.70. The predicted octanol–water partition coefficient (Wildman–Crippen LogP) is 1.85. The van der Waals surface area contributed by atoms with Gasteiger partial charge in [0, 0.05) is 6.42 Å². The molecule has 8 atom stereocenters. The first-order valence-electron chi connectivity index (χ1n) is 15.0. The normalized spacial score (nSPS) is 30.2. The maximum atomic E-state index is 13.3. The molecule has 2 aromatic rings. The molecule has 0 aromatic heterocycles. The van der Waals surface area contributed by atoms with E-state index in [2.05, 4.69) is 6.92 Å². The molecule has 3 N–H and O–H groups in total. The number of hydrogen-bond donors (Lipinski definition) is 3. The number of carbonyl (C=O) groups is 3. The summed E-state index contributed by atoms with van der Waals surface area (Å²) in [4.78, 5) is 39.4. The maximum absolute atomic E-state index is 13.3. The second kappa shape index (κ2) is 14.4. The van der Waals surface area contributed by atoms with E-state index in [1.165, 1.54) is 6.92 Å². The molecular weight excluding hydrogens is 588 g/mol. The van der Waals surface area contributed by atoms with E-state index >= 15 is 0 Å². The predicted molar refractivity (Wildman–Crippen MR) is 157 cm³/mol. The largest absolute Gasteiger partial charge is 0.467 e. The Morgan fingerprint density at radius 3 is 2.11 bits per heavy atom. The van der Waals surface area contributed by atoms with Gasteiger partial charge in [0.15, 0.2) is 5.79 Å². The zero-order valence-corrected chi connectivity index (χ0v) is 25.9. The molecule has 4 rings (SSSR count). The minimum atomic E-state index is -3.29. The average molecular weight is 631 g/mol. The van der Waals surface area contributed by atoms with Crippen molar-refractivity contribution in [2.45, 2.75) is 87.5 Å². The standard InChI is InChI=1S/C33H42O12/c1-5-42-29(37)32(39)26(35)25(34)31(44-27(28(36)40-3)33(32,45-31)30(38)41-4)18-12-17-24(43-20-23-15-10-7-11-16-23)21(2)19-22-13-8-6-9-14-22/h6-11,13-16,21,24-27,34-35,39H,5,12,17-20H2,1-4H3/t21-,24-,25-,26-,27-,31+,32+,33-/m1/s1. The van der Waals surface area contributed by atoms with Crippen molar-refractivity contribution in [3.63, 3.8) is 0 Å². The Hall–Kier alpha value is -3.39. The molecule has 0 unspecified atom stereocenters. The highest BCUT2D eigenvalue weighted by molar-refractivity contribution is 5.99. The number of methoxy groups -OCH3 is 2. The van der Waals surface area contributed by atoms with Gasteiger partial charge in [-0.25, -0.2) is 14.4 Å². The van der Waals surface area contributed by atoms with Crippen LogP contribution in [0, 0.1) is 5.92 Å². The summed E-state index contributed by atoms with van der Waals surface area (Å²) in [6.45, 7) is 3.59. The van der Waals surface area contributed by atoms with Gasteiger partial charge in [-0.2, -0.15) is 0 Å². The molecule has 246 valence electrons. The van der Waals surface area contributed by atoms with Crippen molar-refractivity contribution in [2.75, 3.05) is 20.8 Å². The van der Waals surface area contributed by atoms with Crippen molar-refractivity contribution in [1.82, 2.24) is 0 Å². The molecule has 0 amide bonds. The molecule has 12 heteroatoms. The van der Waals surface area contributed by atoms with Crippen molar-refractivity contribution in [1.29, 1.82) is 0 Å². The zero-order valence-electron chi connectivity index (χ0n) is 25.9. The molecular formula is C33H42O12. The van der Waals surface area contributed by atoms with Crippen LogP contribution in [0.3, 0.4) is 0 Å². The minimum absolute atomic E-state index is 0.0479. The first-order chi connectivity index (χ1) is 21.5. The van der Waals surface area contributed by atoms with Crippen LogP contribution < -0.4 is 0 Å². The lowest BCUT2D eigenvalue weighted by molar-refractivity contribution is -0.339. The Labute approximate surface area is 262 Å². The summed E-state index contributed by atoms with van der Waals surface area (Å²) in [5, 5.41) is 34.2. The van der Waals surface area contributed by atoms with Crippen molar-refractivity contribution >= 4 is 17.9 Å². The summed E-state index contributed by atoms with van der Waals surface area (Å²) >= 11 is 0. The van der Waals surface area contributed by atoms with Gasteiger partial charge < -0.3 is 43.7 Å². The Kier molecular flexibility index (Phi) is 11.0. The van der Waals surface area contributed by atoms with E-state index in [0.717, 1.165) is 31.8 Å². The van der Waals surface area contributed by atoms with Crippen LogP contribution in [-0.4, -0.2) is 95.5 Å². The summed E-state index contributed by atoms with van der Waals surface area (Å²) in [7, 11) is 1.95. The summed E-state index contributed by atoms with van der Waals surface area (Å²) in [5.74, 6) is -6.28. The van der Waals surface area contributed by atoms with Gasteiger partial charge in [-0.1, -0.05) is 67.6 Å². The van der Waals surface area contributed by atoms with Crippen molar-refractivity contribution in [3.8, 4) is 0 Å². The summed E-state index contributed by atoms with van der Waals surface area (Å²) < 4.78 is 32.9. The molecule has 2 aromatic carbocycles. The highest BCUT2D eigenvalue weighted by Crippen LogP contribution is 2.55. The van der Waals surface area contributed by atoms with E-state index in [9.17, 15) is 29.7 Å². The van der Waals surface area contributed by atoms with Crippen molar-refractivity contribution < 1.29 is 58.1 Å². The van der Waals surface area contributed by atoms with Crippen molar-refractivity contribution in [3.05, 3.63) is 71.8 Å². The minimum Gasteiger partial charge on any atom is -0.467 e. The molecule has 2 aliphatic rings. The molecule has 2 bridgehead atoms. The van der Waals surface area contributed by atoms with Crippen LogP contribution in [0.1, 0.15) is 44.2 Å². The number of benzene rings is 2. The molecule has 2 fully saturated rings. The summed E-state index contributed by atoms with van der Waals surface area (Å²) in [6.07, 6.45) is -5.61. The highest BCUT2D eigenvalue weighted by atomic mass is 16.8. The molecule has 45 heavy (non-hydrogen) atoms. The fourth-order valence-electron chi connectivity index (χ4n) is 6.25. The van der Waals surface area contributed by atoms with E-state index < -0.39 is 53.2 Å². The number of aliphatic hydroxyl groups excluding tert-OH is 2. The third-order valence-electron chi connectivity index (χ3n) is 8.61. The average Bonchev–Trinajstić information content (AvgIpc) is 3.40. The first-order valence-corrected chi connectivity index (χ1v) is 15.0. The van der Waals surface area contributed by atoms with Crippen LogP contribution in [0.25, 0.3) is 0 Å². The van der Waals surface area contributed by atoms with E-state index in [4.69, 9.17) is 28.4 Å². The number of fused-ring (bicyclic) bond motifs is 2. The van der Waals surface area contributed by atoms with Gasteiger partial charge in [0.05, 0.1) is 33.5 Å². The number of carbonyl (C=O) groups excluding carboxylic acids is 3. The molecule has 2 aliphatic heterocycles. The number of ether oxygens (including phenoxy) is 6. The van der Waals surface area contributed by atoms with Gasteiger partial charge in [0.2, 0.25) is 17.3 Å². The number of esters is 3. The van der Waals surface area contributed by atoms with Crippen LogP contribution in [0.15, 0.2) is 60.7 Å². The van der Waals surface area contributed by atoms with Gasteiger partial charge in [-0.05, 0) is 43.2 Å². The number of hydrogen-bond acceptors (Lipinski definition) is 12. The van der Waals surface area contributed by atoms with E-state index in [1.54, 1.807) is 0 Å². The molecule has 0 spiro atoms. The molecule has 0 aliphatic carbocycles. The van der Waals surface area contributed by atoms with Gasteiger partial charge in [0.1, 0.15) is 12.2 Å². The van der Waals surface area contributed by atoms with Crippen LogP contribution >= 0.6 is 0 Å². The SMILES string of the molecule is CCOC(=O)[C@@]1(O)[C@H](O)[C@@H](O)[C@@]2(CCC[C@@H](OCc3ccccc3)[C@H](C)Cc3ccccc3)O[C@H](C(=O)OC)[C@]1(C(=O)OC)O2. The molecule has 0 radical (unpaired) electrons. The first kappa shape index (κ1) is 34.5. The lowest BCUT2D eigenvalue weighted by Crippen LogP contribution is -2.80. The third kappa shape index (κ3) is 6.35. The van der Waals surface area contributed by atoms with E-state index in [0.29, 0.717) is 13.0 Å². The Morgan fingerprint density at radius 1 is 0.911 bits per heavy atom. The number of rotatable bonds is 14. The highest BCUT2D eigenvalue weighted by Gasteiger charge is 2.85. The second-order valence-corrected chi connectivity index (χ2v) is 11.4. The Bertz CT molecular complexity index is 1310. The Morgan fingerprint density at radius 2 is 1.53 bits per heavy atom. The van der Waals surface area contributed by atoms with Crippen LogP contribution in [0.2, 0.25) is 0 Å². The molecule has 2 heterocycles. The van der Waals surface area contributed by atoms with Crippen LogP contribution in [0.5, 0.6) is 0 Å². The zero-order chi connectivity index (χ0) is 32.8. The summed E-state index contributed by atoms with van der Waals surface area (Å²) in [5.41, 5.74) is -4.13. The number of aliphatic hydroxyl groups is 3. The molecule has 12 nitrogen and oxygen atoms in total.